The van der Waals surface area contributed by atoms with Gasteiger partial charge in [-0.25, -0.2) is 9.97 Å². The molecule has 4 fully saturated rings. The molecule has 8 atom stereocenters. The summed E-state index contributed by atoms with van der Waals surface area (Å²) in [6.07, 6.45) is 9.12. The Bertz CT molecular complexity index is 1510. The number of hydrogen-bond donors (Lipinski definition) is 3. The number of carbonyl (C=O) groups excluding carboxylic acids is 3. The molecule has 46 heavy (non-hydrogen) atoms. The number of esters is 1. The number of aromatic nitrogens is 3. The van der Waals surface area contributed by atoms with Gasteiger partial charge in [0.1, 0.15) is 23.4 Å². The molecule has 250 valence electrons. The lowest BCUT2D eigenvalue weighted by Crippen LogP contribution is -2.63. The molecule has 11 heteroatoms. The van der Waals surface area contributed by atoms with E-state index < -0.39 is 29.0 Å². The third kappa shape index (κ3) is 5.70. The maximum absolute atomic E-state index is 13.7. The van der Waals surface area contributed by atoms with Crippen LogP contribution in [0.25, 0.3) is 11.0 Å². The van der Waals surface area contributed by atoms with Crippen LogP contribution in [0.3, 0.4) is 0 Å². The minimum atomic E-state index is -0.712. The maximum Gasteiger partial charge on any atom is 0.316 e. The molecule has 2 bridgehead atoms. The van der Waals surface area contributed by atoms with E-state index in [0.717, 1.165) is 57.0 Å². The second kappa shape index (κ2) is 12.7. The van der Waals surface area contributed by atoms with E-state index in [1.54, 1.807) is 6.20 Å². The molecule has 4 aliphatic rings. The van der Waals surface area contributed by atoms with Gasteiger partial charge in [0, 0.05) is 29.4 Å². The van der Waals surface area contributed by atoms with E-state index in [1.807, 2.05) is 19.1 Å². The highest BCUT2D eigenvalue weighted by molar-refractivity contribution is 7.99. The summed E-state index contributed by atoms with van der Waals surface area (Å²) in [7, 11) is 0. The molecular weight excluding hydrogens is 602 g/mol. The van der Waals surface area contributed by atoms with Crippen molar-refractivity contribution >= 4 is 46.3 Å². The first kappa shape index (κ1) is 33.2. The number of amides is 1. The summed E-state index contributed by atoms with van der Waals surface area (Å²) < 4.78 is 6.38. The largest absolute Gasteiger partial charge is 0.461 e. The van der Waals surface area contributed by atoms with E-state index in [0.29, 0.717) is 41.4 Å². The molecule has 1 aliphatic heterocycles. The van der Waals surface area contributed by atoms with Gasteiger partial charge in [0.15, 0.2) is 5.16 Å². The zero-order chi connectivity index (χ0) is 32.9. The fourth-order valence-electron chi connectivity index (χ4n) is 9.39. The van der Waals surface area contributed by atoms with Crippen LogP contribution in [0.5, 0.6) is 0 Å². The fraction of sp³-hybridized carbons (Fsp3) is 0.686. The number of aliphatic hydroxyl groups is 1. The van der Waals surface area contributed by atoms with Gasteiger partial charge in [-0.05, 0) is 74.9 Å². The molecule has 3 aliphatic carbocycles. The molecule has 2 aromatic heterocycles. The summed E-state index contributed by atoms with van der Waals surface area (Å²) in [6.45, 7) is 14.6. The van der Waals surface area contributed by atoms with Crippen LogP contribution < -0.4 is 5.32 Å². The number of piperidine rings is 1. The van der Waals surface area contributed by atoms with Gasteiger partial charge in [-0.15, -0.1) is 6.58 Å². The Kier molecular flexibility index (Phi) is 9.15. The molecule has 3 heterocycles. The summed E-state index contributed by atoms with van der Waals surface area (Å²) >= 11 is 1.15. The van der Waals surface area contributed by atoms with E-state index in [-0.39, 0.29) is 40.6 Å². The third-order valence-corrected chi connectivity index (χ3v) is 13.2. The monoisotopic (exact) mass is 651 g/mol. The average molecular weight is 652 g/mol. The average Bonchev–Trinajstić information content (AvgIpc) is 3.66. The number of ketones is 1. The lowest BCUT2D eigenvalue weighted by molar-refractivity contribution is -0.205. The maximum atomic E-state index is 13.7. The molecule has 0 aromatic carbocycles. The summed E-state index contributed by atoms with van der Waals surface area (Å²) in [5, 5.41) is 15.8. The molecule has 6 rings (SSSR count). The van der Waals surface area contributed by atoms with Crippen molar-refractivity contribution in [1.29, 1.82) is 0 Å². The number of likely N-dealkylation sites (tertiary alicyclic amines) is 1. The lowest BCUT2D eigenvalue weighted by atomic mass is 9.44. The van der Waals surface area contributed by atoms with Gasteiger partial charge in [-0.1, -0.05) is 52.0 Å². The van der Waals surface area contributed by atoms with E-state index in [1.165, 1.54) is 6.42 Å². The van der Waals surface area contributed by atoms with Crippen LogP contribution in [0, 0.1) is 34.0 Å². The number of thioether (sulfide) groups is 1. The van der Waals surface area contributed by atoms with Gasteiger partial charge in [0.2, 0.25) is 5.91 Å². The van der Waals surface area contributed by atoms with Crippen molar-refractivity contribution in [3.8, 4) is 0 Å². The number of Topliss-reactive ketones (excluding diaryl/α,β-unsaturated/α-hetero) is 1. The number of aromatic amines is 1. The van der Waals surface area contributed by atoms with Gasteiger partial charge in [0.05, 0.1) is 23.8 Å². The molecule has 0 spiro atoms. The zero-order valence-electron chi connectivity index (χ0n) is 27.6. The fourth-order valence-corrected chi connectivity index (χ4v) is 10.0. The van der Waals surface area contributed by atoms with Crippen molar-refractivity contribution in [1.82, 2.24) is 19.9 Å². The lowest BCUT2D eigenvalue weighted by Gasteiger charge is -2.61. The first-order valence-electron chi connectivity index (χ1n) is 17.0. The smallest absolute Gasteiger partial charge is 0.316 e. The number of rotatable bonds is 8. The predicted octanol–water partition coefficient (Wildman–Crippen LogP) is 5.38. The van der Waals surface area contributed by atoms with Crippen molar-refractivity contribution in [2.24, 2.45) is 34.0 Å². The normalized spacial score (nSPS) is 36.5. The number of ether oxygens (including phenoxy) is 1. The van der Waals surface area contributed by atoms with Crippen molar-refractivity contribution < 1.29 is 24.2 Å². The molecular formula is C35H49N5O5S. The summed E-state index contributed by atoms with van der Waals surface area (Å²) in [5.74, 6) is -0.154. The van der Waals surface area contributed by atoms with Gasteiger partial charge in [0.25, 0.3) is 0 Å². The molecule has 3 N–H and O–H groups in total. The van der Waals surface area contributed by atoms with Crippen LogP contribution in [0.1, 0.15) is 79.1 Å². The van der Waals surface area contributed by atoms with Crippen LogP contribution in [-0.2, 0) is 19.1 Å². The summed E-state index contributed by atoms with van der Waals surface area (Å²) in [6, 6.07) is 1.82. The number of H-pyrrole nitrogens is 1. The van der Waals surface area contributed by atoms with Gasteiger partial charge in [-0.2, -0.15) is 0 Å². The van der Waals surface area contributed by atoms with E-state index in [9.17, 15) is 19.5 Å². The number of aliphatic hydroxyl groups excluding tert-OH is 1. The number of fused-ring (bicyclic) bond motifs is 1. The second-order valence-corrected chi connectivity index (χ2v) is 15.8. The predicted molar refractivity (Wildman–Crippen MR) is 178 cm³/mol. The Morgan fingerprint density at radius 2 is 1.98 bits per heavy atom. The topological polar surface area (TPSA) is 138 Å². The number of hydrogen-bond acceptors (Lipinski definition) is 9. The highest BCUT2D eigenvalue weighted by atomic mass is 32.2. The van der Waals surface area contributed by atoms with Crippen LogP contribution in [0.2, 0.25) is 0 Å². The molecule has 1 saturated heterocycles. The van der Waals surface area contributed by atoms with Crippen LogP contribution in [-0.4, -0.2) is 80.2 Å². The second-order valence-electron chi connectivity index (χ2n) is 14.8. The summed E-state index contributed by atoms with van der Waals surface area (Å²) in [5.41, 5.74) is -1.02. The Morgan fingerprint density at radius 1 is 1.22 bits per heavy atom. The minimum absolute atomic E-state index is 0.0398. The SMILES string of the molecule is C=C[C@]1(C)C[C@@H](OC(=O)CSc2nc(NC(=O)CN3CCCCC3)c3cc[nH]c3n2)[C@]2(C)[C@H](C)CC[C@]3(CCC(=O)[C@H]32)[C@@H](C)[C@@H]1O. The molecule has 0 unspecified atom stereocenters. The van der Waals surface area contributed by atoms with Crippen molar-refractivity contribution in [3.05, 3.63) is 24.9 Å². The van der Waals surface area contributed by atoms with Crippen molar-refractivity contribution in [3.63, 3.8) is 0 Å². The van der Waals surface area contributed by atoms with E-state index in [4.69, 9.17) is 4.74 Å². The standard InChI is InChI=1S/C35H49N5O5S/c1-6-33(4)18-25(34(5)21(2)10-13-35(22(3)29(33)44)14-11-24(41)28(34)35)45-27(43)20-46-32-38-30-23(12-15-36-30)31(39-32)37-26(42)19-40-16-8-7-9-17-40/h6,12,15,21-22,25,28-29,44H,1,7-11,13-14,16-20H2,2-5H3,(H2,36,37,38,39,42)/t21-,22+,25-,28+,29+,33-,34+,35+/m1/s1. The number of carbonyl (C=O) groups is 3. The Morgan fingerprint density at radius 3 is 2.72 bits per heavy atom. The molecule has 2 aromatic rings. The van der Waals surface area contributed by atoms with Crippen LogP contribution in [0.15, 0.2) is 30.1 Å². The summed E-state index contributed by atoms with van der Waals surface area (Å²) in [4.78, 5) is 54.7. The highest BCUT2D eigenvalue weighted by Crippen LogP contribution is 2.68. The quantitative estimate of drug-likeness (QED) is 0.149. The van der Waals surface area contributed by atoms with E-state index >= 15 is 0 Å². The molecule has 3 saturated carbocycles. The van der Waals surface area contributed by atoms with Gasteiger partial charge >= 0.3 is 5.97 Å². The Hall–Kier alpha value is -2.76. The number of nitrogens with one attached hydrogen (secondary N) is 2. The van der Waals surface area contributed by atoms with E-state index in [2.05, 4.69) is 52.5 Å². The first-order chi connectivity index (χ1) is 21.9. The van der Waals surface area contributed by atoms with Gasteiger partial charge in [-0.3, -0.25) is 19.3 Å². The first-order valence-corrected chi connectivity index (χ1v) is 17.9. The van der Waals surface area contributed by atoms with Crippen LogP contribution in [0.4, 0.5) is 5.82 Å². The van der Waals surface area contributed by atoms with Crippen LogP contribution >= 0.6 is 11.8 Å². The third-order valence-electron chi connectivity index (χ3n) is 12.4. The van der Waals surface area contributed by atoms with Gasteiger partial charge < -0.3 is 20.1 Å². The van der Waals surface area contributed by atoms with Crippen molar-refractivity contribution in [2.75, 3.05) is 30.7 Å². The molecule has 1 amide bonds. The Balaban J connectivity index is 1.21. The number of anilines is 1. The minimum Gasteiger partial charge on any atom is -0.461 e. The Labute approximate surface area is 275 Å². The number of nitrogens with zero attached hydrogens (tertiary/aromatic N) is 3. The molecule has 10 nitrogen and oxygen atoms in total. The molecule has 0 radical (unpaired) electrons. The zero-order valence-corrected chi connectivity index (χ0v) is 28.5. The highest BCUT2D eigenvalue weighted by Gasteiger charge is 2.68. The van der Waals surface area contributed by atoms with Crippen molar-refractivity contribution in [2.45, 2.75) is 96.4 Å².